The number of carboxylic acid groups (broad SMARTS) is 1. The summed E-state index contributed by atoms with van der Waals surface area (Å²) in [4.78, 5) is 26.5. The summed E-state index contributed by atoms with van der Waals surface area (Å²) in [5.74, 6) is -1.36. The Morgan fingerprint density at radius 3 is 2.06 bits per heavy atom. The number of aliphatic hydroxyl groups is 9. The molecule has 19 nitrogen and oxygen atoms in total. The summed E-state index contributed by atoms with van der Waals surface area (Å²) in [5, 5.41) is 108. The lowest BCUT2D eigenvalue weighted by molar-refractivity contribution is -0.392. The number of aliphatic carboxylic acids is 1. The van der Waals surface area contributed by atoms with E-state index in [0.717, 1.165) is 18.4 Å². The number of fused-ring (bicyclic) bond motifs is 7. The molecule has 0 bridgehead atoms. The van der Waals surface area contributed by atoms with Crippen LogP contribution in [0.2, 0.25) is 0 Å². The van der Waals surface area contributed by atoms with Gasteiger partial charge in [-0.15, -0.1) is 0 Å². The Labute approximate surface area is 391 Å². The third kappa shape index (κ3) is 7.88. The zero-order chi connectivity index (χ0) is 49.0. The monoisotopic (exact) mass is 956 g/mol. The molecule has 3 aliphatic heterocycles. The zero-order valence-corrected chi connectivity index (χ0v) is 39.8. The molecule has 0 spiro atoms. The molecule has 5 aliphatic carbocycles. The second kappa shape index (κ2) is 18.3. The van der Waals surface area contributed by atoms with E-state index in [0.29, 0.717) is 51.4 Å². The van der Waals surface area contributed by atoms with E-state index >= 15 is 0 Å². The first-order chi connectivity index (χ1) is 31.4. The van der Waals surface area contributed by atoms with Crippen LogP contribution >= 0.6 is 0 Å². The van der Waals surface area contributed by atoms with Gasteiger partial charge in [0.25, 0.3) is 0 Å². The molecule has 3 saturated heterocycles. The SMILES string of the molecule is COC(=O)[C@@]1(C)CC[C@]2(C(=O)O)CC[C@]3(C)C(=CC[C@@H]4[C@@]5(C)CC[C@H](O[C@@H]6OC[C@@H](O)[C@H](O)[C@H]6O[C@@H]6O[C@H](CO)[C@@H](O)[C@H](O)[C@H]6O[C@@H]6O[C@@H](C)[C@H](O)[C@@H](O)[C@H]6O)[C@@](C)(CO)[C@H]5CC[C@]43C)[C@@H]2C1. The van der Waals surface area contributed by atoms with Gasteiger partial charge in [-0.05, 0) is 112 Å². The van der Waals surface area contributed by atoms with E-state index in [9.17, 15) is 60.7 Å². The van der Waals surface area contributed by atoms with Gasteiger partial charge in [-0.3, -0.25) is 9.59 Å². The summed E-state index contributed by atoms with van der Waals surface area (Å²) in [6.07, 6.45) is -14.6. The maximum Gasteiger partial charge on any atom is 0.311 e. The van der Waals surface area contributed by atoms with Crippen molar-refractivity contribution in [2.24, 2.45) is 50.2 Å². The molecule has 7 fully saturated rings. The molecule has 0 radical (unpaired) electrons. The van der Waals surface area contributed by atoms with Crippen LogP contribution in [0.1, 0.15) is 106 Å². The van der Waals surface area contributed by atoms with Crippen LogP contribution < -0.4 is 0 Å². The maximum atomic E-state index is 13.3. The number of carbonyl (C=O) groups excluding carboxylic acids is 1. The highest BCUT2D eigenvalue weighted by molar-refractivity contribution is 5.80. The minimum absolute atomic E-state index is 0.0718. The van der Waals surface area contributed by atoms with Crippen LogP contribution in [0.15, 0.2) is 11.6 Å². The van der Waals surface area contributed by atoms with Crippen LogP contribution in [0.5, 0.6) is 0 Å². The van der Waals surface area contributed by atoms with Crippen molar-refractivity contribution >= 4 is 11.9 Å². The summed E-state index contributed by atoms with van der Waals surface area (Å²) < 4.78 is 41.7. The summed E-state index contributed by atoms with van der Waals surface area (Å²) in [5.41, 5.74) is -2.40. The van der Waals surface area contributed by atoms with Gasteiger partial charge in [0.05, 0.1) is 50.0 Å². The van der Waals surface area contributed by atoms with E-state index in [-0.39, 0.29) is 53.2 Å². The molecular formula is C48H76O19. The average molecular weight is 957 g/mol. The van der Waals surface area contributed by atoms with Gasteiger partial charge in [-0.1, -0.05) is 39.3 Å². The van der Waals surface area contributed by atoms with Gasteiger partial charge in [0.2, 0.25) is 0 Å². The highest BCUT2D eigenvalue weighted by Gasteiger charge is 2.71. The first-order valence-corrected chi connectivity index (χ1v) is 24.3. The fourth-order valence-electron chi connectivity index (χ4n) is 15.1. The molecule has 4 saturated carbocycles. The van der Waals surface area contributed by atoms with Gasteiger partial charge in [0.1, 0.15) is 61.0 Å². The molecular weight excluding hydrogens is 881 g/mol. The lowest BCUT2D eigenvalue weighted by Gasteiger charge is -2.71. The normalized spacial score (nSPS) is 54.4. The van der Waals surface area contributed by atoms with Crippen molar-refractivity contribution in [3.05, 3.63) is 11.6 Å². The number of hydrogen-bond donors (Lipinski definition) is 10. The minimum Gasteiger partial charge on any atom is -0.481 e. The van der Waals surface area contributed by atoms with E-state index in [1.807, 2.05) is 13.8 Å². The molecule has 10 N–H and O–H groups in total. The van der Waals surface area contributed by atoms with E-state index in [2.05, 4.69) is 26.8 Å². The number of esters is 1. The molecule has 67 heavy (non-hydrogen) atoms. The van der Waals surface area contributed by atoms with Gasteiger partial charge in [-0.2, -0.15) is 0 Å². The fourth-order valence-corrected chi connectivity index (χ4v) is 15.1. The number of carbonyl (C=O) groups is 2. The van der Waals surface area contributed by atoms with Crippen molar-refractivity contribution in [3.63, 3.8) is 0 Å². The van der Waals surface area contributed by atoms with Crippen LogP contribution in [0.25, 0.3) is 0 Å². The Kier molecular flexibility index (Phi) is 14.0. The topological polar surface area (TPSA) is 301 Å². The minimum atomic E-state index is -1.84. The summed E-state index contributed by atoms with van der Waals surface area (Å²) in [6, 6.07) is 0. The average Bonchev–Trinajstić information content (AvgIpc) is 3.29. The molecule has 8 rings (SSSR count). The molecule has 24 atom stereocenters. The molecule has 8 aliphatic rings. The smallest absolute Gasteiger partial charge is 0.311 e. The highest BCUT2D eigenvalue weighted by atomic mass is 16.8. The first kappa shape index (κ1) is 51.4. The Hall–Kier alpha value is -1.92. The Morgan fingerprint density at radius 2 is 1.40 bits per heavy atom. The summed E-state index contributed by atoms with van der Waals surface area (Å²) in [7, 11) is 1.39. The van der Waals surface area contributed by atoms with Crippen molar-refractivity contribution in [1.82, 2.24) is 0 Å². The number of aliphatic hydroxyl groups excluding tert-OH is 9. The zero-order valence-electron chi connectivity index (χ0n) is 39.8. The summed E-state index contributed by atoms with van der Waals surface area (Å²) in [6.45, 7) is 10.9. The predicted octanol–water partition coefficient (Wildman–Crippen LogP) is 0.498. The predicted molar refractivity (Wildman–Crippen MR) is 231 cm³/mol. The number of allylic oxidation sites excluding steroid dienone is 2. The van der Waals surface area contributed by atoms with E-state index in [1.165, 1.54) is 14.0 Å². The quantitative estimate of drug-likeness (QED) is 0.0810. The van der Waals surface area contributed by atoms with Gasteiger partial charge in [0.15, 0.2) is 18.9 Å². The Balaban J connectivity index is 1.05. The van der Waals surface area contributed by atoms with Crippen molar-refractivity contribution in [1.29, 1.82) is 0 Å². The maximum absolute atomic E-state index is 13.3. The van der Waals surface area contributed by atoms with Crippen LogP contribution in [-0.2, 0) is 42.7 Å². The van der Waals surface area contributed by atoms with E-state index in [4.69, 9.17) is 33.2 Å². The Bertz CT molecular complexity index is 1870. The molecule has 0 unspecified atom stereocenters. The van der Waals surface area contributed by atoms with Crippen LogP contribution in [-0.4, -0.2) is 182 Å². The highest BCUT2D eigenvalue weighted by Crippen LogP contribution is 2.76. The molecule has 0 aromatic carbocycles. The van der Waals surface area contributed by atoms with Crippen molar-refractivity contribution < 1.29 is 93.8 Å². The third-order valence-corrected chi connectivity index (χ3v) is 19.5. The largest absolute Gasteiger partial charge is 0.481 e. The number of ether oxygens (including phenoxy) is 7. The lowest BCUT2D eigenvalue weighted by atomic mass is 9.33. The van der Waals surface area contributed by atoms with Crippen LogP contribution in [0.4, 0.5) is 0 Å². The molecule has 0 aromatic rings. The molecule has 3 heterocycles. The summed E-state index contributed by atoms with van der Waals surface area (Å²) >= 11 is 0. The number of rotatable bonds is 10. The van der Waals surface area contributed by atoms with E-state index in [1.54, 1.807) is 0 Å². The fraction of sp³-hybridized carbons (Fsp3) is 0.917. The van der Waals surface area contributed by atoms with Gasteiger partial charge in [0, 0.05) is 5.41 Å². The first-order valence-electron chi connectivity index (χ1n) is 24.3. The van der Waals surface area contributed by atoms with Gasteiger partial charge in [-0.25, -0.2) is 0 Å². The van der Waals surface area contributed by atoms with Crippen molar-refractivity contribution in [2.45, 2.75) is 198 Å². The number of hydrogen-bond acceptors (Lipinski definition) is 18. The third-order valence-electron chi connectivity index (χ3n) is 19.5. The van der Waals surface area contributed by atoms with Crippen molar-refractivity contribution in [2.75, 3.05) is 26.9 Å². The molecule has 382 valence electrons. The standard InChI is InChI=1S/C48H76O19/c1-22-30(52)33(55)35(57)38(63-22)66-37-34(56)32(54)26(19-49)64-40(37)67-36-31(53)25(51)20-62-39(36)65-29-11-12-44(3)27(45(29,4)21-50)10-13-47(6)28(44)9-8-23-24-18-43(2,42(60)61-7)14-16-48(24,41(58)59)17-15-46(23,47)5/h8,22,24-40,49-57H,9-21H2,1-7H3,(H,58,59)/t22-,24-,25+,26+,27-,28+,29-,30-,31-,32+,33+,34-,35+,36+,37+,38-,39-,40-,43-,44-,45-,46+,47+,48-/m0/s1. The Morgan fingerprint density at radius 1 is 0.731 bits per heavy atom. The van der Waals surface area contributed by atoms with Crippen LogP contribution in [0, 0.1) is 50.2 Å². The second-order valence-electron chi connectivity index (χ2n) is 22.7. The van der Waals surface area contributed by atoms with E-state index < -0.39 is 121 Å². The molecule has 19 heteroatoms. The lowest BCUT2D eigenvalue weighted by Crippen LogP contribution is -2.67. The second-order valence-corrected chi connectivity index (χ2v) is 22.7. The van der Waals surface area contributed by atoms with Gasteiger partial charge >= 0.3 is 11.9 Å². The molecule has 0 aromatic heterocycles. The van der Waals surface area contributed by atoms with Crippen molar-refractivity contribution in [3.8, 4) is 0 Å². The van der Waals surface area contributed by atoms with Gasteiger partial charge < -0.3 is 84.2 Å². The van der Waals surface area contributed by atoms with Crippen LogP contribution in [0.3, 0.4) is 0 Å². The number of methoxy groups -OCH3 is 1. The number of carboxylic acids is 1. The molecule has 0 amide bonds.